The number of carbonyl (C=O) groups excluding carboxylic acids is 1. The van der Waals surface area contributed by atoms with Gasteiger partial charge in [-0.05, 0) is 42.0 Å². The Bertz CT molecular complexity index is 1020. The van der Waals surface area contributed by atoms with Crippen molar-refractivity contribution < 1.29 is 9.53 Å². The average molecular weight is 416 g/mol. The van der Waals surface area contributed by atoms with E-state index in [1.807, 2.05) is 0 Å². The van der Waals surface area contributed by atoms with Crippen LogP contribution < -0.4 is 21.5 Å². The summed E-state index contributed by atoms with van der Waals surface area (Å²) in [7, 11) is 1.59. The number of methoxy groups -OCH3 is 1. The number of carbonyl (C=O) groups is 1. The topological polar surface area (TPSA) is 108 Å². The quantitative estimate of drug-likeness (QED) is 0.548. The molecular formula is C19H18ClN5O2S. The smallest absolute Gasteiger partial charge is 0.253 e. The second-order valence-corrected chi connectivity index (χ2v) is 6.78. The molecule has 1 aromatic heterocycles. The van der Waals surface area contributed by atoms with E-state index < -0.39 is 0 Å². The minimum Gasteiger partial charge on any atom is -0.497 e. The van der Waals surface area contributed by atoms with E-state index in [1.54, 1.807) is 55.6 Å². The van der Waals surface area contributed by atoms with Crippen molar-refractivity contribution in [2.75, 3.05) is 23.9 Å². The second-order valence-electron chi connectivity index (χ2n) is 5.94. The van der Waals surface area contributed by atoms with E-state index in [0.717, 1.165) is 21.7 Å². The molecule has 1 heterocycles. The molecule has 28 heavy (non-hydrogen) atoms. The van der Waals surface area contributed by atoms with Gasteiger partial charge >= 0.3 is 0 Å². The predicted octanol–water partition coefficient (Wildman–Crippen LogP) is 3.38. The molecule has 3 aromatic rings. The summed E-state index contributed by atoms with van der Waals surface area (Å²) < 4.78 is 6.19. The molecule has 0 aliphatic heterocycles. The van der Waals surface area contributed by atoms with Crippen LogP contribution in [0.15, 0.2) is 48.5 Å². The summed E-state index contributed by atoms with van der Waals surface area (Å²) in [6.07, 6.45) is 0.0978. The van der Waals surface area contributed by atoms with Crippen LogP contribution in [0.1, 0.15) is 15.9 Å². The lowest BCUT2D eigenvalue weighted by molar-refractivity contribution is 0.0902. The molecule has 0 aliphatic carbocycles. The molecule has 0 aliphatic rings. The molecule has 0 radical (unpaired) electrons. The summed E-state index contributed by atoms with van der Waals surface area (Å²) >= 11 is 11.3. The summed E-state index contributed by atoms with van der Waals surface area (Å²) in [4.78, 5) is 12.9. The summed E-state index contributed by atoms with van der Waals surface area (Å²) in [6.45, 7) is 0. The van der Waals surface area contributed by atoms with Crippen LogP contribution in [0.5, 0.6) is 5.75 Å². The average Bonchev–Trinajstić information content (AvgIpc) is 2.98. The summed E-state index contributed by atoms with van der Waals surface area (Å²) in [5.41, 5.74) is 13.9. The van der Waals surface area contributed by atoms with Gasteiger partial charge in [0, 0.05) is 10.7 Å². The highest BCUT2D eigenvalue weighted by molar-refractivity contribution is 7.81. The van der Waals surface area contributed by atoms with Crippen molar-refractivity contribution >= 4 is 52.0 Å². The molecule has 144 valence electrons. The standard InChI is InChI=1S/C19H18ClN5O2S/c1-27-14-8-6-13(7-9-14)23-19(28)16-17(21)24-25(18(16)22)15(26)10-11-2-4-12(20)5-3-11/h2-9H,10,22H2,1H3,(H2,21,24)(H,23,28). The zero-order valence-corrected chi connectivity index (χ0v) is 16.6. The van der Waals surface area contributed by atoms with Gasteiger partial charge in [0.25, 0.3) is 5.91 Å². The highest BCUT2D eigenvalue weighted by atomic mass is 35.5. The number of hydrogen-bond acceptors (Lipinski definition) is 6. The highest BCUT2D eigenvalue weighted by Crippen LogP contribution is 2.23. The SMILES string of the molecule is COc1ccc(NC(=S)c2c(N)nn(C(=O)Cc3ccc(Cl)cc3)c2N)cc1. The molecule has 2 aromatic carbocycles. The Balaban J connectivity index is 1.79. The van der Waals surface area contributed by atoms with Gasteiger partial charge in [-0.15, -0.1) is 5.10 Å². The molecule has 0 fully saturated rings. The number of anilines is 3. The van der Waals surface area contributed by atoms with Crippen LogP contribution in [0.3, 0.4) is 0 Å². The van der Waals surface area contributed by atoms with E-state index in [2.05, 4.69) is 10.4 Å². The fourth-order valence-corrected chi connectivity index (χ4v) is 3.04. The van der Waals surface area contributed by atoms with E-state index >= 15 is 0 Å². The Kier molecular flexibility index (Phi) is 5.81. The Morgan fingerprint density at radius 2 is 1.82 bits per heavy atom. The van der Waals surface area contributed by atoms with Gasteiger partial charge in [-0.1, -0.05) is 36.0 Å². The van der Waals surface area contributed by atoms with Crippen molar-refractivity contribution in [2.45, 2.75) is 6.42 Å². The third-order valence-electron chi connectivity index (χ3n) is 4.03. The van der Waals surface area contributed by atoms with Crippen molar-refractivity contribution in [1.29, 1.82) is 0 Å². The van der Waals surface area contributed by atoms with Crippen LogP contribution in [-0.4, -0.2) is 27.8 Å². The van der Waals surface area contributed by atoms with Crippen molar-refractivity contribution in [1.82, 2.24) is 9.78 Å². The lowest BCUT2D eigenvalue weighted by atomic mass is 10.1. The Hall–Kier alpha value is -3.10. The molecule has 0 bridgehead atoms. The highest BCUT2D eigenvalue weighted by Gasteiger charge is 2.21. The number of nitrogen functional groups attached to an aromatic ring is 2. The number of hydrogen-bond donors (Lipinski definition) is 3. The van der Waals surface area contributed by atoms with Crippen LogP contribution in [0.4, 0.5) is 17.3 Å². The van der Waals surface area contributed by atoms with Crippen LogP contribution in [-0.2, 0) is 6.42 Å². The number of rotatable bonds is 5. The molecule has 0 saturated carbocycles. The van der Waals surface area contributed by atoms with Gasteiger partial charge in [0.15, 0.2) is 5.82 Å². The van der Waals surface area contributed by atoms with E-state index in [9.17, 15) is 4.79 Å². The number of thiocarbonyl (C=S) groups is 1. The van der Waals surface area contributed by atoms with Gasteiger partial charge in [0.2, 0.25) is 0 Å². The third-order valence-corrected chi connectivity index (χ3v) is 4.59. The van der Waals surface area contributed by atoms with Crippen molar-refractivity contribution in [3.63, 3.8) is 0 Å². The van der Waals surface area contributed by atoms with E-state index in [4.69, 9.17) is 40.0 Å². The van der Waals surface area contributed by atoms with Crippen LogP contribution in [0.25, 0.3) is 0 Å². The number of nitrogens with one attached hydrogen (secondary N) is 1. The summed E-state index contributed by atoms with van der Waals surface area (Å²) in [5.74, 6) is 0.552. The minimum atomic E-state index is -0.329. The number of nitrogens with two attached hydrogens (primary N) is 2. The maximum Gasteiger partial charge on any atom is 0.253 e. The zero-order valence-electron chi connectivity index (χ0n) is 15.0. The molecular weight excluding hydrogens is 398 g/mol. The van der Waals surface area contributed by atoms with Crippen molar-refractivity contribution in [2.24, 2.45) is 0 Å². The van der Waals surface area contributed by atoms with Gasteiger partial charge in [0.05, 0.1) is 19.1 Å². The first-order valence-electron chi connectivity index (χ1n) is 8.26. The van der Waals surface area contributed by atoms with Gasteiger partial charge < -0.3 is 21.5 Å². The first kappa shape index (κ1) is 19.7. The Morgan fingerprint density at radius 3 is 2.43 bits per heavy atom. The lowest BCUT2D eigenvalue weighted by Gasteiger charge is -2.09. The van der Waals surface area contributed by atoms with Crippen LogP contribution >= 0.6 is 23.8 Å². The Labute approximate surface area is 172 Å². The van der Waals surface area contributed by atoms with Crippen molar-refractivity contribution in [3.8, 4) is 5.75 Å². The maximum atomic E-state index is 12.6. The number of ether oxygens (including phenoxy) is 1. The largest absolute Gasteiger partial charge is 0.497 e. The van der Waals surface area contributed by atoms with Gasteiger partial charge in [-0.3, -0.25) is 4.79 Å². The molecule has 0 atom stereocenters. The fourth-order valence-electron chi connectivity index (χ4n) is 2.59. The number of aromatic nitrogens is 2. The summed E-state index contributed by atoms with van der Waals surface area (Å²) in [5, 5.41) is 7.69. The maximum absolute atomic E-state index is 12.6. The number of benzene rings is 2. The lowest BCUT2D eigenvalue weighted by Crippen LogP contribution is -2.19. The zero-order chi connectivity index (χ0) is 20.3. The van der Waals surface area contributed by atoms with E-state index in [-0.39, 0.29) is 29.0 Å². The van der Waals surface area contributed by atoms with E-state index in [0.29, 0.717) is 10.6 Å². The van der Waals surface area contributed by atoms with Crippen LogP contribution in [0.2, 0.25) is 5.02 Å². The van der Waals surface area contributed by atoms with Gasteiger partial charge in [-0.2, -0.15) is 4.68 Å². The van der Waals surface area contributed by atoms with Crippen molar-refractivity contribution in [3.05, 3.63) is 64.7 Å². The Morgan fingerprint density at radius 1 is 1.18 bits per heavy atom. The molecule has 0 amide bonds. The fraction of sp³-hybridized carbons (Fsp3) is 0.105. The molecule has 0 saturated heterocycles. The third kappa shape index (κ3) is 4.24. The molecule has 3 rings (SSSR count). The molecule has 0 spiro atoms. The normalized spacial score (nSPS) is 10.5. The minimum absolute atomic E-state index is 0.0768. The second kappa shape index (κ2) is 8.28. The number of halogens is 1. The van der Waals surface area contributed by atoms with Gasteiger partial charge in [0.1, 0.15) is 16.6 Å². The molecule has 5 N–H and O–H groups in total. The summed E-state index contributed by atoms with van der Waals surface area (Å²) in [6, 6.07) is 14.1. The first-order chi connectivity index (χ1) is 13.4. The predicted molar refractivity (Wildman–Crippen MR) is 115 cm³/mol. The number of nitrogens with zero attached hydrogens (tertiary/aromatic N) is 2. The molecule has 0 unspecified atom stereocenters. The van der Waals surface area contributed by atoms with Crippen LogP contribution in [0, 0.1) is 0 Å². The van der Waals surface area contributed by atoms with E-state index in [1.165, 1.54) is 0 Å². The van der Waals surface area contributed by atoms with Gasteiger partial charge in [-0.25, -0.2) is 0 Å². The first-order valence-corrected chi connectivity index (χ1v) is 9.04. The monoisotopic (exact) mass is 415 g/mol. The molecule has 7 nitrogen and oxygen atoms in total. The molecule has 9 heteroatoms.